The minimum Gasteiger partial charge on any atom is -0.454 e. The topological polar surface area (TPSA) is 84.0 Å². The molecule has 1 saturated heterocycles. The Labute approximate surface area is 185 Å². The lowest BCUT2D eigenvalue weighted by Gasteiger charge is -2.35. The number of aromatic nitrogens is 1. The van der Waals surface area contributed by atoms with Crippen LogP contribution in [-0.2, 0) is 10.0 Å². The van der Waals surface area contributed by atoms with Crippen molar-refractivity contribution in [1.29, 1.82) is 0 Å². The Kier molecular flexibility index (Phi) is 5.70. The molecule has 0 bridgehead atoms. The molecular weight excluding hydrogens is 436 g/mol. The molecule has 8 nitrogen and oxygen atoms in total. The average molecular weight is 461 g/mol. The molecular formula is C21H24N4O4S2. The van der Waals surface area contributed by atoms with E-state index in [4.69, 9.17) is 9.47 Å². The lowest BCUT2D eigenvalue weighted by atomic mass is 10.2. The van der Waals surface area contributed by atoms with Crippen molar-refractivity contribution in [2.75, 3.05) is 51.0 Å². The van der Waals surface area contributed by atoms with Gasteiger partial charge in [0.15, 0.2) is 11.5 Å². The molecule has 3 heterocycles. The van der Waals surface area contributed by atoms with Crippen LogP contribution in [-0.4, -0.2) is 63.8 Å². The van der Waals surface area contributed by atoms with Crippen LogP contribution in [0.5, 0.6) is 11.5 Å². The van der Waals surface area contributed by atoms with Crippen molar-refractivity contribution in [2.45, 2.75) is 11.3 Å². The number of sulfonamides is 1. The van der Waals surface area contributed by atoms with Crippen LogP contribution in [0.2, 0.25) is 0 Å². The zero-order chi connectivity index (χ0) is 21.3. The van der Waals surface area contributed by atoms with Gasteiger partial charge in [-0.2, -0.15) is 4.37 Å². The van der Waals surface area contributed by atoms with Crippen molar-refractivity contribution in [3.8, 4) is 11.5 Å². The predicted molar refractivity (Wildman–Crippen MR) is 121 cm³/mol. The summed E-state index contributed by atoms with van der Waals surface area (Å²) < 4.78 is 44.1. The number of rotatable bonds is 7. The highest BCUT2D eigenvalue weighted by atomic mass is 32.2. The normalized spacial score (nSPS) is 16.8. The van der Waals surface area contributed by atoms with Gasteiger partial charge in [-0.25, -0.2) is 13.1 Å². The van der Waals surface area contributed by atoms with Crippen LogP contribution in [0.15, 0.2) is 47.4 Å². The van der Waals surface area contributed by atoms with Gasteiger partial charge in [-0.15, -0.1) is 0 Å². The first-order valence-electron chi connectivity index (χ1n) is 10.3. The second-order valence-corrected chi connectivity index (χ2v) is 10.2. The zero-order valence-corrected chi connectivity index (χ0v) is 18.6. The largest absolute Gasteiger partial charge is 0.454 e. The number of fused-ring (bicyclic) bond motifs is 2. The first-order valence-corrected chi connectivity index (χ1v) is 12.6. The Morgan fingerprint density at radius 3 is 2.71 bits per heavy atom. The highest BCUT2D eigenvalue weighted by Gasteiger charge is 2.22. The molecule has 1 fully saturated rings. The molecule has 5 rings (SSSR count). The van der Waals surface area contributed by atoms with Gasteiger partial charge >= 0.3 is 0 Å². The summed E-state index contributed by atoms with van der Waals surface area (Å²) in [5, 5.41) is 1.22. The number of hydrogen-bond acceptors (Lipinski definition) is 8. The van der Waals surface area contributed by atoms with Crippen LogP contribution in [0.3, 0.4) is 0 Å². The van der Waals surface area contributed by atoms with Crippen molar-refractivity contribution in [3.05, 3.63) is 42.5 Å². The van der Waals surface area contributed by atoms with Gasteiger partial charge in [0.05, 0.1) is 9.60 Å². The molecule has 31 heavy (non-hydrogen) atoms. The van der Waals surface area contributed by atoms with Gasteiger partial charge in [-0.3, -0.25) is 4.90 Å². The van der Waals surface area contributed by atoms with Crippen molar-refractivity contribution in [2.24, 2.45) is 0 Å². The van der Waals surface area contributed by atoms with E-state index in [0.717, 1.165) is 45.0 Å². The molecule has 0 aliphatic carbocycles. The molecule has 3 aromatic rings. The highest BCUT2D eigenvalue weighted by Crippen LogP contribution is 2.33. The molecule has 0 amide bonds. The average Bonchev–Trinajstić information content (AvgIpc) is 3.44. The Balaban J connectivity index is 1.09. The van der Waals surface area contributed by atoms with E-state index in [1.807, 2.05) is 6.07 Å². The quantitative estimate of drug-likeness (QED) is 0.543. The number of nitrogens with zero attached hydrogens (tertiary/aromatic N) is 3. The van der Waals surface area contributed by atoms with Crippen molar-refractivity contribution in [3.63, 3.8) is 0 Å². The first kappa shape index (κ1) is 20.5. The van der Waals surface area contributed by atoms with Gasteiger partial charge in [-0.05, 0) is 48.8 Å². The van der Waals surface area contributed by atoms with Gasteiger partial charge in [0, 0.05) is 44.2 Å². The van der Waals surface area contributed by atoms with Crippen LogP contribution in [0.25, 0.3) is 10.1 Å². The van der Waals surface area contributed by atoms with Gasteiger partial charge in [-0.1, -0.05) is 12.1 Å². The summed E-state index contributed by atoms with van der Waals surface area (Å²) in [6.45, 7) is 5.12. The molecule has 0 spiro atoms. The highest BCUT2D eigenvalue weighted by molar-refractivity contribution is 7.89. The summed E-state index contributed by atoms with van der Waals surface area (Å²) in [6, 6.07) is 13.0. The summed E-state index contributed by atoms with van der Waals surface area (Å²) in [7, 11) is -3.56. The van der Waals surface area contributed by atoms with Gasteiger partial charge < -0.3 is 14.4 Å². The van der Waals surface area contributed by atoms with E-state index < -0.39 is 10.0 Å². The fourth-order valence-corrected chi connectivity index (χ4v) is 5.81. The molecule has 2 aliphatic rings. The molecule has 2 aliphatic heterocycles. The van der Waals surface area contributed by atoms with Crippen LogP contribution in [0, 0.1) is 0 Å². The Morgan fingerprint density at radius 2 is 1.84 bits per heavy atom. The van der Waals surface area contributed by atoms with E-state index in [2.05, 4.69) is 37.1 Å². The van der Waals surface area contributed by atoms with E-state index in [0.29, 0.717) is 18.0 Å². The van der Waals surface area contributed by atoms with Gasteiger partial charge in [0.1, 0.15) is 5.82 Å². The van der Waals surface area contributed by atoms with Gasteiger partial charge in [0.2, 0.25) is 16.8 Å². The summed E-state index contributed by atoms with van der Waals surface area (Å²) >= 11 is 1.55. The third-order valence-corrected chi connectivity index (χ3v) is 7.90. The Hall–Kier alpha value is -2.40. The number of benzene rings is 2. The van der Waals surface area contributed by atoms with E-state index >= 15 is 0 Å². The second-order valence-electron chi connectivity index (χ2n) is 7.60. The standard InChI is InChI=1S/C21H24N4O4S2/c26-31(27,16-6-7-18-19(14-16)29-15-28-18)22-8-3-9-24-10-12-25(13-11-24)21-17-4-1-2-5-20(17)30-23-21/h1-2,4-7,14,22H,3,8-13,15H2. The monoisotopic (exact) mass is 460 g/mol. The van der Waals surface area contributed by atoms with E-state index in [1.165, 1.54) is 22.2 Å². The summed E-state index contributed by atoms with van der Waals surface area (Å²) in [4.78, 5) is 4.92. The molecule has 0 radical (unpaired) electrons. The van der Waals surface area contributed by atoms with Crippen LogP contribution in [0.4, 0.5) is 5.82 Å². The van der Waals surface area contributed by atoms with E-state index in [-0.39, 0.29) is 11.7 Å². The van der Waals surface area contributed by atoms with Gasteiger partial charge in [0.25, 0.3) is 0 Å². The molecule has 0 unspecified atom stereocenters. The van der Waals surface area contributed by atoms with Crippen LogP contribution in [0.1, 0.15) is 6.42 Å². The number of nitrogens with one attached hydrogen (secondary N) is 1. The first-order chi connectivity index (χ1) is 15.1. The third kappa shape index (κ3) is 4.33. The van der Waals surface area contributed by atoms with E-state index in [9.17, 15) is 8.42 Å². The molecule has 1 aromatic heterocycles. The minimum absolute atomic E-state index is 0.123. The fourth-order valence-electron chi connectivity index (χ4n) is 3.92. The maximum absolute atomic E-state index is 12.5. The lowest BCUT2D eigenvalue weighted by Crippen LogP contribution is -2.47. The maximum atomic E-state index is 12.5. The Morgan fingerprint density at radius 1 is 1.03 bits per heavy atom. The number of piperazine rings is 1. The molecule has 164 valence electrons. The third-order valence-electron chi connectivity index (χ3n) is 5.63. The SMILES string of the molecule is O=S(=O)(NCCCN1CCN(c2nsc3ccccc23)CC1)c1ccc2c(c1)OCO2. The number of anilines is 1. The maximum Gasteiger partial charge on any atom is 0.240 e. The van der Waals surface area contributed by atoms with Crippen molar-refractivity contribution in [1.82, 2.24) is 14.0 Å². The summed E-state index contributed by atoms with van der Waals surface area (Å²) in [5.74, 6) is 2.12. The zero-order valence-electron chi connectivity index (χ0n) is 17.0. The predicted octanol–water partition coefficient (Wildman–Crippen LogP) is 2.52. The number of ether oxygens (including phenoxy) is 2. The fraction of sp³-hybridized carbons (Fsp3) is 0.381. The summed E-state index contributed by atoms with van der Waals surface area (Å²) in [6.07, 6.45) is 0.753. The minimum atomic E-state index is -3.56. The Bertz CT molecular complexity index is 1170. The summed E-state index contributed by atoms with van der Waals surface area (Å²) in [5.41, 5.74) is 0. The van der Waals surface area contributed by atoms with Crippen LogP contribution >= 0.6 is 11.5 Å². The molecule has 10 heteroatoms. The van der Waals surface area contributed by atoms with Crippen LogP contribution < -0.4 is 19.1 Å². The molecule has 2 aromatic carbocycles. The van der Waals surface area contributed by atoms with Crippen molar-refractivity contribution < 1.29 is 17.9 Å². The van der Waals surface area contributed by atoms with Crippen molar-refractivity contribution >= 4 is 37.5 Å². The molecule has 0 saturated carbocycles. The lowest BCUT2D eigenvalue weighted by molar-refractivity contribution is 0.174. The van der Waals surface area contributed by atoms with E-state index in [1.54, 1.807) is 17.6 Å². The number of hydrogen-bond donors (Lipinski definition) is 1. The molecule has 0 atom stereocenters. The molecule has 1 N–H and O–H groups in total. The smallest absolute Gasteiger partial charge is 0.240 e. The second kappa shape index (κ2) is 8.62.